The highest BCUT2D eigenvalue weighted by atomic mass is 16.4. The van der Waals surface area contributed by atoms with Crippen LogP contribution in [0.1, 0.15) is 44.1 Å². The summed E-state index contributed by atoms with van der Waals surface area (Å²) in [5.41, 5.74) is 8.35. The number of nitrogens with one attached hydrogen (secondary N) is 2. The van der Waals surface area contributed by atoms with E-state index in [9.17, 15) is 29.1 Å². The Labute approximate surface area is 224 Å². The van der Waals surface area contributed by atoms with Gasteiger partial charge in [0.2, 0.25) is 17.7 Å². The number of allylic oxidation sites excluding steroid dienone is 2. The van der Waals surface area contributed by atoms with E-state index in [4.69, 9.17) is 16.2 Å². The third-order valence-corrected chi connectivity index (χ3v) is 6.34. The molecule has 2 atom stereocenters. The predicted octanol–water partition coefficient (Wildman–Crippen LogP) is 2.30. The molecule has 0 unspecified atom stereocenters. The molecule has 0 saturated carbocycles. The van der Waals surface area contributed by atoms with Gasteiger partial charge in [0.1, 0.15) is 12.1 Å². The number of nitrogens with zero attached hydrogens (tertiary/aromatic N) is 1. The Hall–Kier alpha value is -4.80. The standard InChI is InChI=1S/C28H30N4O7/c29-21(19-8-6-18(7-9-19)17-4-2-1-3-5-17)16-20-10-13-24(33)32(20)23(12-15-26(36)37)28(39)31-22(27(30)38)11-14-25(34)35/h1-9,16,22-23,29H,10-15H2,(H2,30,38)(H,31,39)(H,34,35)(H,36,37)/t22-,23-/m0/s1. The molecule has 1 aliphatic rings. The molecule has 3 rings (SSSR count). The maximum absolute atomic E-state index is 13.2. The maximum atomic E-state index is 13.2. The molecule has 11 heteroatoms. The third kappa shape index (κ3) is 7.84. The first kappa shape index (κ1) is 28.8. The lowest BCUT2D eigenvalue weighted by Gasteiger charge is -2.29. The van der Waals surface area contributed by atoms with Crippen LogP contribution >= 0.6 is 0 Å². The molecule has 0 aliphatic carbocycles. The lowest BCUT2D eigenvalue weighted by molar-refractivity contribution is -0.141. The van der Waals surface area contributed by atoms with Gasteiger partial charge in [-0.1, -0.05) is 54.6 Å². The van der Waals surface area contributed by atoms with Crippen molar-refractivity contribution >= 4 is 35.4 Å². The van der Waals surface area contributed by atoms with Crippen LogP contribution < -0.4 is 11.1 Å². The van der Waals surface area contributed by atoms with E-state index in [2.05, 4.69) is 5.32 Å². The fourth-order valence-electron chi connectivity index (χ4n) is 4.33. The Morgan fingerprint density at radius 2 is 1.51 bits per heavy atom. The molecule has 0 bridgehead atoms. The summed E-state index contributed by atoms with van der Waals surface area (Å²) < 4.78 is 0. The van der Waals surface area contributed by atoms with Crippen LogP contribution in [0.2, 0.25) is 0 Å². The van der Waals surface area contributed by atoms with E-state index in [0.717, 1.165) is 11.1 Å². The van der Waals surface area contributed by atoms with Crippen LogP contribution in [0.3, 0.4) is 0 Å². The van der Waals surface area contributed by atoms with E-state index in [1.54, 1.807) is 12.1 Å². The van der Waals surface area contributed by atoms with Crippen molar-refractivity contribution in [3.8, 4) is 11.1 Å². The van der Waals surface area contributed by atoms with Gasteiger partial charge >= 0.3 is 11.9 Å². The molecular weight excluding hydrogens is 504 g/mol. The first-order chi connectivity index (χ1) is 18.6. The van der Waals surface area contributed by atoms with Crippen LogP contribution in [-0.4, -0.2) is 62.6 Å². The van der Waals surface area contributed by atoms with Gasteiger partial charge in [0.05, 0.1) is 5.71 Å². The second-order valence-corrected chi connectivity index (χ2v) is 9.10. The number of benzene rings is 2. The number of amides is 3. The summed E-state index contributed by atoms with van der Waals surface area (Å²) in [6, 6.07) is 14.4. The number of likely N-dealkylation sites (tertiary alicyclic amines) is 1. The second kappa shape index (κ2) is 13.1. The number of carboxylic acid groups (broad SMARTS) is 2. The van der Waals surface area contributed by atoms with Crippen LogP contribution in [0.4, 0.5) is 0 Å². The summed E-state index contributed by atoms with van der Waals surface area (Å²) in [4.78, 5) is 61.2. The summed E-state index contributed by atoms with van der Waals surface area (Å²) in [5.74, 6) is -4.59. The van der Waals surface area contributed by atoms with Crippen molar-refractivity contribution in [1.29, 1.82) is 5.41 Å². The smallest absolute Gasteiger partial charge is 0.303 e. The fourth-order valence-corrected chi connectivity index (χ4v) is 4.33. The molecular formula is C28H30N4O7. The van der Waals surface area contributed by atoms with E-state index in [-0.39, 0.29) is 31.4 Å². The number of carbonyl (C=O) groups excluding carboxylic acids is 3. The van der Waals surface area contributed by atoms with Gasteiger partial charge < -0.3 is 31.6 Å². The summed E-state index contributed by atoms with van der Waals surface area (Å²) in [6.45, 7) is 0. The van der Waals surface area contributed by atoms with Gasteiger partial charge in [0, 0.05) is 25.0 Å². The minimum absolute atomic E-state index is 0.0567. The molecule has 3 amide bonds. The molecule has 1 heterocycles. The third-order valence-electron chi connectivity index (χ3n) is 6.34. The lowest BCUT2D eigenvalue weighted by Crippen LogP contribution is -2.53. The van der Waals surface area contributed by atoms with Crippen molar-refractivity contribution in [2.24, 2.45) is 5.73 Å². The molecule has 39 heavy (non-hydrogen) atoms. The van der Waals surface area contributed by atoms with E-state index in [1.807, 2.05) is 42.5 Å². The molecule has 2 aromatic carbocycles. The van der Waals surface area contributed by atoms with Crippen molar-refractivity contribution in [3.63, 3.8) is 0 Å². The zero-order chi connectivity index (χ0) is 28.5. The van der Waals surface area contributed by atoms with Gasteiger partial charge in [-0.2, -0.15) is 0 Å². The van der Waals surface area contributed by atoms with Crippen LogP contribution in [0.15, 0.2) is 66.4 Å². The Morgan fingerprint density at radius 1 is 0.923 bits per heavy atom. The van der Waals surface area contributed by atoms with Crippen molar-refractivity contribution in [2.75, 3.05) is 0 Å². The van der Waals surface area contributed by atoms with Crippen molar-refractivity contribution in [3.05, 3.63) is 71.9 Å². The summed E-state index contributed by atoms with van der Waals surface area (Å²) >= 11 is 0. The maximum Gasteiger partial charge on any atom is 0.303 e. The Morgan fingerprint density at radius 3 is 2.10 bits per heavy atom. The summed E-state index contributed by atoms with van der Waals surface area (Å²) in [7, 11) is 0. The Bertz CT molecular complexity index is 1290. The fraction of sp³-hybridized carbons (Fsp3) is 0.286. The van der Waals surface area contributed by atoms with Crippen molar-refractivity contribution < 1.29 is 34.2 Å². The summed E-state index contributed by atoms with van der Waals surface area (Å²) in [5, 5.41) is 29.1. The van der Waals surface area contributed by atoms with Crippen LogP contribution in [0.5, 0.6) is 0 Å². The number of rotatable bonds is 13. The van der Waals surface area contributed by atoms with E-state index >= 15 is 0 Å². The van der Waals surface area contributed by atoms with Crippen molar-refractivity contribution in [1.82, 2.24) is 10.2 Å². The number of nitrogens with two attached hydrogens (primary N) is 1. The molecule has 1 fully saturated rings. The quantitative estimate of drug-likeness (QED) is 0.243. The van der Waals surface area contributed by atoms with E-state index in [0.29, 0.717) is 11.3 Å². The minimum atomic E-state index is -1.31. The first-order valence-electron chi connectivity index (χ1n) is 12.4. The predicted molar refractivity (Wildman–Crippen MR) is 142 cm³/mol. The molecule has 0 spiro atoms. The molecule has 6 N–H and O–H groups in total. The Kier molecular flexibility index (Phi) is 9.69. The average Bonchev–Trinajstić information content (AvgIpc) is 3.26. The van der Waals surface area contributed by atoms with Crippen LogP contribution in [0, 0.1) is 5.41 Å². The Balaban J connectivity index is 1.84. The lowest BCUT2D eigenvalue weighted by atomic mass is 10.0. The van der Waals surface area contributed by atoms with Gasteiger partial charge in [-0.3, -0.25) is 24.0 Å². The number of carbonyl (C=O) groups is 5. The van der Waals surface area contributed by atoms with Gasteiger partial charge in [-0.05, 0) is 42.0 Å². The first-order valence-corrected chi connectivity index (χ1v) is 12.4. The topological polar surface area (TPSA) is 191 Å². The number of aliphatic carboxylic acids is 2. The molecule has 2 aromatic rings. The molecule has 0 radical (unpaired) electrons. The molecule has 0 aromatic heterocycles. The minimum Gasteiger partial charge on any atom is -0.481 e. The highest BCUT2D eigenvalue weighted by molar-refractivity contribution is 6.08. The second-order valence-electron chi connectivity index (χ2n) is 9.10. The van der Waals surface area contributed by atoms with Crippen LogP contribution in [0.25, 0.3) is 11.1 Å². The SMILES string of the molecule is N=C(C=C1CCC(=O)N1[C@@H](CCC(=O)O)C(=O)N[C@@H](CCC(=O)O)C(N)=O)c1ccc(-c2ccccc2)cc1. The van der Waals surface area contributed by atoms with Crippen molar-refractivity contribution in [2.45, 2.75) is 50.6 Å². The van der Waals surface area contributed by atoms with E-state index < -0.39 is 54.6 Å². The number of primary amides is 1. The van der Waals surface area contributed by atoms with E-state index in [1.165, 1.54) is 11.0 Å². The normalized spacial score (nSPS) is 15.5. The van der Waals surface area contributed by atoms with Gasteiger partial charge in [-0.15, -0.1) is 0 Å². The largest absolute Gasteiger partial charge is 0.481 e. The highest BCUT2D eigenvalue weighted by Gasteiger charge is 2.37. The van der Waals surface area contributed by atoms with Gasteiger partial charge in [0.15, 0.2) is 0 Å². The zero-order valence-corrected chi connectivity index (χ0v) is 21.1. The monoisotopic (exact) mass is 534 g/mol. The zero-order valence-electron chi connectivity index (χ0n) is 21.1. The summed E-state index contributed by atoms with van der Waals surface area (Å²) in [6.07, 6.45) is 0.376. The molecule has 11 nitrogen and oxygen atoms in total. The number of carboxylic acids is 2. The number of hydrogen-bond acceptors (Lipinski definition) is 6. The van der Waals surface area contributed by atoms with Gasteiger partial charge in [0.25, 0.3) is 0 Å². The molecule has 1 aliphatic heterocycles. The van der Waals surface area contributed by atoms with Gasteiger partial charge in [-0.25, -0.2) is 0 Å². The highest BCUT2D eigenvalue weighted by Crippen LogP contribution is 2.28. The average molecular weight is 535 g/mol. The number of hydrogen-bond donors (Lipinski definition) is 5. The molecule has 1 saturated heterocycles. The molecule has 204 valence electrons. The van der Waals surface area contributed by atoms with Crippen LogP contribution in [-0.2, 0) is 24.0 Å².